The lowest BCUT2D eigenvalue weighted by atomic mass is 10.2. The molecule has 0 aliphatic rings. The number of nitrogens with two attached hydrogens (primary N) is 1. The van der Waals surface area contributed by atoms with Gasteiger partial charge in [0.05, 0.1) is 11.8 Å². The second-order valence-electron chi connectivity index (χ2n) is 4.02. The third-order valence-corrected chi connectivity index (χ3v) is 2.62. The molecule has 2 aromatic rings. The number of hydrogen-bond donors (Lipinski definition) is 2. The Morgan fingerprint density at radius 3 is 2.67 bits per heavy atom. The van der Waals surface area contributed by atoms with Crippen molar-refractivity contribution in [3.8, 4) is 0 Å². The van der Waals surface area contributed by atoms with E-state index in [1.54, 1.807) is 6.07 Å². The van der Waals surface area contributed by atoms with E-state index in [2.05, 4.69) is 10.2 Å². The molecular weight excluding hydrogens is 226 g/mol. The fourth-order valence-electron chi connectivity index (χ4n) is 1.75. The molecule has 0 unspecified atom stereocenters. The molecule has 0 saturated carbocycles. The molecule has 0 saturated heterocycles. The highest BCUT2D eigenvalue weighted by Gasteiger charge is 2.11. The molecule has 5 nitrogen and oxygen atoms in total. The van der Waals surface area contributed by atoms with Crippen molar-refractivity contribution in [3.05, 3.63) is 53.7 Å². The summed E-state index contributed by atoms with van der Waals surface area (Å²) in [6, 6.07) is 11.7. The van der Waals surface area contributed by atoms with Crippen molar-refractivity contribution >= 4 is 11.7 Å². The molecule has 0 radical (unpaired) electrons. The zero-order valence-electron chi connectivity index (χ0n) is 10.2. The Labute approximate surface area is 106 Å². The lowest BCUT2D eigenvalue weighted by Crippen LogP contribution is -2.23. The maximum Gasteiger partial charge on any atom is 0.162 e. The molecule has 5 heteroatoms. The lowest BCUT2D eigenvalue weighted by molar-refractivity contribution is 0.863. The third kappa shape index (κ3) is 2.63. The van der Waals surface area contributed by atoms with Crippen LogP contribution >= 0.6 is 0 Å². The first kappa shape index (κ1) is 12.0. The van der Waals surface area contributed by atoms with Crippen molar-refractivity contribution in [3.63, 3.8) is 0 Å². The van der Waals surface area contributed by atoms with Crippen molar-refractivity contribution < 1.29 is 0 Å². The number of hydrogen-bond acceptors (Lipinski definition) is 4. The van der Waals surface area contributed by atoms with Crippen molar-refractivity contribution in [1.29, 1.82) is 5.41 Å². The molecule has 18 heavy (non-hydrogen) atoms. The van der Waals surface area contributed by atoms with E-state index >= 15 is 0 Å². The van der Waals surface area contributed by atoms with E-state index in [0.29, 0.717) is 17.9 Å². The van der Waals surface area contributed by atoms with E-state index < -0.39 is 0 Å². The second-order valence-corrected chi connectivity index (χ2v) is 4.02. The highest BCUT2D eigenvalue weighted by molar-refractivity contribution is 5.99. The average Bonchev–Trinajstić information content (AvgIpc) is 2.40. The Morgan fingerprint density at radius 2 is 2.00 bits per heavy atom. The van der Waals surface area contributed by atoms with Crippen molar-refractivity contribution in [1.82, 2.24) is 10.2 Å². The molecule has 1 heterocycles. The molecule has 2 rings (SSSR count). The number of benzene rings is 1. The molecular formula is C13H15N5. The van der Waals surface area contributed by atoms with Gasteiger partial charge in [-0.15, -0.1) is 5.10 Å². The molecule has 0 amide bonds. The standard InChI is InChI=1S/C13H15N5/c1-18(9-10-5-3-2-4-6-10)13-11(12(14)15)7-8-16-17-13/h2-8H,9H2,1H3,(H3,14,15). The minimum atomic E-state index is -0.000174. The number of aromatic nitrogens is 2. The molecule has 3 N–H and O–H groups in total. The fraction of sp³-hybridized carbons (Fsp3) is 0.154. The van der Waals surface area contributed by atoms with E-state index in [4.69, 9.17) is 11.1 Å². The van der Waals surface area contributed by atoms with Crippen molar-refractivity contribution in [2.24, 2.45) is 5.73 Å². The van der Waals surface area contributed by atoms with Crippen LogP contribution in [0.15, 0.2) is 42.6 Å². The van der Waals surface area contributed by atoms with Crippen LogP contribution < -0.4 is 10.6 Å². The fourth-order valence-corrected chi connectivity index (χ4v) is 1.75. The van der Waals surface area contributed by atoms with Crippen LogP contribution in [0, 0.1) is 5.41 Å². The summed E-state index contributed by atoms with van der Waals surface area (Å²) in [4.78, 5) is 1.93. The summed E-state index contributed by atoms with van der Waals surface area (Å²) in [7, 11) is 1.91. The van der Waals surface area contributed by atoms with Gasteiger partial charge in [0.15, 0.2) is 5.82 Å². The zero-order valence-corrected chi connectivity index (χ0v) is 10.2. The van der Waals surface area contributed by atoms with Crippen LogP contribution in [0.1, 0.15) is 11.1 Å². The van der Waals surface area contributed by atoms with Gasteiger partial charge in [-0.05, 0) is 11.6 Å². The van der Waals surface area contributed by atoms with Crippen LogP contribution in [0.2, 0.25) is 0 Å². The largest absolute Gasteiger partial charge is 0.384 e. The molecule has 92 valence electrons. The van der Waals surface area contributed by atoms with Gasteiger partial charge in [0.2, 0.25) is 0 Å². The van der Waals surface area contributed by atoms with Crippen molar-refractivity contribution in [2.45, 2.75) is 6.54 Å². The van der Waals surface area contributed by atoms with Crippen LogP contribution in [0.3, 0.4) is 0 Å². The lowest BCUT2D eigenvalue weighted by Gasteiger charge is -2.19. The van der Waals surface area contributed by atoms with E-state index in [1.807, 2.05) is 42.3 Å². The molecule has 0 fully saturated rings. The van der Waals surface area contributed by atoms with Gasteiger partial charge in [0, 0.05) is 13.6 Å². The highest BCUT2D eigenvalue weighted by atomic mass is 15.2. The molecule has 0 spiro atoms. The number of nitrogen functional groups attached to an aromatic ring is 1. The summed E-state index contributed by atoms with van der Waals surface area (Å²) < 4.78 is 0. The van der Waals surface area contributed by atoms with Gasteiger partial charge >= 0.3 is 0 Å². The minimum Gasteiger partial charge on any atom is -0.384 e. The maximum absolute atomic E-state index is 7.53. The van der Waals surface area contributed by atoms with Crippen LogP contribution in [-0.2, 0) is 6.54 Å². The Bertz CT molecular complexity index is 538. The van der Waals surface area contributed by atoms with E-state index in [9.17, 15) is 0 Å². The van der Waals surface area contributed by atoms with Crippen LogP contribution in [-0.4, -0.2) is 23.1 Å². The molecule has 1 aromatic heterocycles. The molecule has 0 aliphatic carbocycles. The molecule has 1 aromatic carbocycles. The van der Waals surface area contributed by atoms with Crippen LogP contribution in [0.4, 0.5) is 5.82 Å². The number of amidine groups is 1. The Kier molecular flexibility index (Phi) is 3.52. The first-order valence-corrected chi connectivity index (χ1v) is 5.59. The Balaban J connectivity index is 2.24. The topological polar surface area (TPSA) is 78.9 Å². The SMILES string of the molecule is CN(Cc1ccccc1)c1nnccc1C(=N)N. The normalized spacial score (nSPS) is 10.1. The van der Waals surface area contributed by atoms with E-state index in [0.717, 1.165) is 0 Å². The summed E-state index contributed by atoms with van der Waals surface area (Å²) in [5.41, 5.74) is 7.30. The molecule has 0 bridgehead atoms. The minimum absolute atomic E-state index is 0.000174. The Hall–Kier alpha value is -2.43. The average molecular weight is 241 g/mol. The first-order chi connectivity index (χ1) is 8.68. The number of anilines is 1. The zero-order chi connectivity index (χ0) is 13.0. The summed E-state index contributed by atoms with van der Waals surface area (Å²) in [5.74, 6) is 0.619. The summed E-state index contributed by atoms with van der Waals surface area (Å²) in [5, 5.41) is 15.4. The van der Waals surface area contributed by atoms with Gasteiger partial charge in [0.1, 0.15) is 5.84 Å². The van der Waals surface area contributed by atoms with Gasteiger partial charge < -0.3 is 10.6 Å². The third-order valence-electron chi connectivity index (χ3n) is 2.62. The summed E-state index contributed by atoms with van der Waals surface area (Å²) in [6.07, 6.45) is 1.54. The second kappa shape index (κ2) is 5.27. The molecule has 0 aliphatic heterocycles. The smallest absolute Gasteiger partial charge is 0.162 e. The first-order valence-electron chi connectivity index (χ1n) is 5.59. The molecule has 0 atom stereocenters. The van der Waals surface area contributed by atoms with E-state index in [1.165, 1.54) is 11.8 Å². The number of nitrogens with zero attached hydrogens (tertiary/aromatic N) is 3. The van der Waals surface area contributed by atoms with E-state index in [-0.39, 0.29) is 5.84 Å². The quantitative estimate of drug-likeness (QED) is 0.626. The van der Waals surface area contributed by atoms with Gasteiger partial charge in [-0.3, -0.25) is 5.41 Å². The summed E-state index contributed by atoms with van der Waals surface area (Å²) >= 11 is 0. The van der Waals surface area contributed by atoms with Gasteiger partial charge in [-0.1, -0.05) is 30.3 Å². The van der Waals surface area contributed by atoms with Crippen LogP contribution in [0.5, 0.6) is 0 Å². The maximum atomic E-state index is 7.53. The van der Waals surface area contributed by atoms with Gasteiger partial charge in [-0.2, -0.15) is 5.10 Å². The van der Waals surface area contributed by atoms with Crippen molar-refractivity contribution in [2.75, 3.05) is 11.9 Å². The van der Waals surface area contributed by atoms with Gasteiger partial charge in [0.25, 0.3) is 0 Å². The Morgan fingerprint density at radius 1 is 1.28 bits per heavy atom. The monoisotopic (exact) mass is 241 g/mol. The van der Waals surface area contributed by atoms with Gasteiger partial charge in [-0.25, -0.2) is 0 Å². The van der Waals surface area contributed by atoms with Crippen LogP contribution in [0.25, 0.3) is 0 Å². The highest BCUT2D eigenvalue weighted by Crippen LogP contribution is 2.16. The summed E-state index contributed by atoms with van der Waals surface area (Å²) in [6.45, 7) is 0.694. The predicted molar refractivity (Wildman–Crippen MR) is 71.6 cm³/mol. The number of nitrogens with one attached hydrogen (secondary N) is 1. The predicted octanol–water partition coefficient (Wildman–Crippen LogP) is 1.40. The number of rotatable bonds is 4.